The number of amides is 1. The third-order valence-electron chi connectivity index (χ3n) is 5.46. The van der Waals surface area contributed by atoms with Gasteiger partial charge in [-0.05, 0) is 37.3 Å². The maximum absolute atomic E-state index is 12.4. The summed E-state index contributed by atoms with van der Waals surface area (Å²) >= 11 is 0. The number of hydrogen-bond donors (Lipinski definition) is 1. The number of rotatable bonds is 7. The Kier molecular flexibility index (Phi) is 5.52. The maximum Gasteiger partial charge on any atom is 0.267 e. The average molecular weight is 418 g/mol. The van der Waals surface area contributed by atoms with Crippen LogP contribution in [0.4, 0.5) is 11.4 Å². The van der Waals surface area contributed by atoms with Crippen LogP contribution in [-0.2, 0) is 11.3 Å². The first-order valence-corrected chi connectivity index (χ1v) is 10.2. The summed E-state index contributed by atoms with van der Waals surface area (Å²) in [5.41, 5.74) is 11.0. The molecule has 0 aliphatic carbocycles. The summed E-state index contributed by atoms with van der Waals surface area (Å²) in [4.78, 5) is 21.2. The molecule has 1 aliphatic heterocycles. The summed E-state index contributed by atoms with van der Waals surface area (Å²) in [6.45, 7) is 11.6. The standard InChI is InChI=1S/C24H27N5O2/c1-5-11-28(12-6-2)15-20-23(26-22-10-8-18(25)14-29(20)22)17-7-9-21-19(13-17)27(4)24(30)16(3)31-21/h5-10,13-14,16H,1-2,11-12,15,25H2,3-4H3. The molecule has 0 saturated carbocycles. The molecule has 0 fully saturated rings. The van der Waals surface area contributed by atoms with Gasteiger partial charge in [-0.3, -0.25) is 9.69 Å². The van der Waals surface area contributed by atoms with Crippen molar-refractivity contribution in [2.75, 3.05) is 30.8 Å². The lowest BCUT2D eigenvalue weighted by Crippen LogP contribution is -2.41. The van der Waals surface area contributed by atoms with E-state index in [0.29, 0.717) is 31.1 Å². The van der Waals surface area contributed by atoms with Crippen molar-refractivity contribution in [2.45, 2.75) is 19.6 Å². The van der Waals surface area contributed by atoms with Gasteiger partial charge in [0, 0.05) is 44.1 Å². The van der Waals surface area contributed by atoms with E-state index in [2.05, 4.69) is 18.1 Å². The van der Waals surface area contributed by atoms with Gasteiger partial charge in [-0.15, -0.1) is 13.2 Å². The van der Waals surface area contributed by atoms with E-state index in [9.17, 15) is 4.79 Å². The number of fused-ring (bicyclic) bond motifs is 2. The Labute approximate surface area is 182 Å². The number of hydrogen-bond acceptors (Lipinski definition) is 5. The second-order valence-corrected chi connectivity index (χ2v) is 7.71. The minimum atomic E-state index is -0.497. The van der Waals surface area contributed by atoms with Gasteiger partial charge in [0.05, 0.1) is 17.1 Å². The summed E-state index contributed by atoms with van der Waals surface area (Å²) in [5.74, 6) is 0.614. The van der Waals surface area contributed by atoms with E-state index in [1.807, 2.05) is 53.1 Å². The van der Waals surface area contributed by atoms with Gasteiger partial charge >= 0.3 is 0 Å². The van der Waals surface area contributed by atoms with Gasteiger partial charge in [-0.1, -0.05) is 12.2 Å². The van der Waals surface area contributed by atoms with Crippen LogP contribution in [0.3, 0.4) is 0 Å². The Morgan fingerprint density at radius 3 is 2.68 bits per heavy atom. The van der Waals surface area contributed by atoms with Crippen molar-refractivity contribution in [1.82, 2.24) is 14.3 Å². The number of carbonyl (C=O) groups excluding carboxylic acids is 1. The molecule has 1 unspecified atom stereocenters. The van der Waals surface area contributed by atoms with Crippen LogP contribution in [0, 0.1) is 0 Å². The number of nitrogens with two attached hydrogens (primary N) is 1. The Bertz CT molecular complexity index is 1160. The predicted molar refractivity (Wildman–Crippen MR) is 124 cm³/mol. The van der Waals surface area contributed by atoms with Crippen molar-refractivity contribution in [2.24, 2.45) is 0 Å². The molecule has 1 atom stereocenters. The Balaban J connectivity index is 1.85. The summed E-state index contributed by atoms with van der Waals surface area (Å²) in [7, 11) is 1.77. The molecule has 0 radical (unpaired) electrons. The highest BCUT2D eigenvalue weighted by Crippen LogP contribution is 2.37. The van der Waals surface area contributed by atoms with Gasteiger partial charge < -0.3 is 19.8 Å². The Hall–Kier alpha value is -3.58. The van der Waals surface area contributed by atoms with Crippen molar-refractivity contribution in [3.63, 3.8) is 0 Å². The van der Waals surface area contributed by atoms with Crippen LogP contribution in [0.25, 0.3) is 16.9 Å². The van der Waals surface area contributed by atoms with Crippen LogP contribution in [0.15, 0.2) is 61.8 Å². The zero-order chi connectivity index (χ0) is 22.1. The fourth-order valence-electron chi connectivity index (χ4n) is 3.93. The molecule has 31 heavy (non-hydrogen) atoms. The number of likely N-dealkylation sites (N-methyl/N-ethyl adjacent to an activating group) is 1. The SMILES string of the molecule is C=CCN(CC=C)Cc1c(-c2ccc3c(c2)N(C)C(=O)C(C)O3)nc2ccc(N)cn12. The fraction of sp³-hybridized carbons (Fsp3) is 0.250. The zero-order valence-corrected chi connectivity index (χ0v) is 17.9. The van der Waals surface area contributed by atoms with Crippen molar-refractivity contribution in [3.8, 4) is 17.0 Å². The molecule has 4 rings (SSSR count). The highest BCUT2D eigenvalue weighted by molar-refractivity contribution is 6.00. The molecule has 0 spiro atoms. The summed E-state index contributed by atoms with van der Waals surface area (Å²) in [6, 6.07) is 9.59. The monoisotopic (exact) mass is 417 g/mol. The lowest BCUT2D eigenvalue weighted by molar-refractivity contribution is -0.125. The summed E-state index contributed by atoms with van der Waals surface area (Å²) in [6.07, 6.45) is 5.14. The van der Waals surface area contributed by atoms with Crippen LogP contribution in [-0.4, -0.2) is 46.4 Å². The van der Waals surface area contributed by atoms with E-state index >= 15 is 0 Å². The third kappa shape index (κ3) is 3.80. The van der Waals surface area contributed by atoms with Crippen molar-refractivity contribution in [3.05, 3.63) is 67.5 Å². The molecular formula is C24H27N5O2. The van der Waals surface area contributed by atoms with Gasteiger partial charge in [0.15, 0.2) is 6.10 Å². The third-order valence-corrected chi connectivity index (χ3v) is 5.46. The highest BCUT2D eigenvalue weighted by atomic mass is 16.5. The molecule has 7 nitrogen and oxygen atoms in total. The highest BCUT2D eigenvalue weighted by Gasteiger charge is 2.29. The molecule has 3 heterocycles. The molecule has 3 aromatic rings. The normalized spacial score (nSPS) is 15.8. The van der Waals surface area contributed by atoms with Crippen LogP contribution in [0.5, 0.6) is 5.75 Å². The van der Waals surface area contributed by atoms with Crippen LogP contribution in [0.2, 0.25) is 0 Å². The van der Waals surface area contributed by atoms with E-state index in [-0.39, 0.29) is 5.91 Å². The number of anilines is 2. The van der Waals surface area contributed by atoms with Crippen LogP contribution < -0.4 is 15.4 Å². The second kappa shape index (κ2) is 8.28. The quantitative estimate of drug-likeness (QED) is 0.596. The molecule has 0 bridgehead atoms. The molecule has 0 saturated heterocycles. The number of aromatic nitrogens is 2. The minimum Gasteiger partial charge on any atom is -0.479 e. The van der Waals surface area contributed by atoms with E-state index in [0.717, 1.165) is 28.3 Å². The average Bonchev–Trinajstić information content (AvgIpc) is 3.10. The van der Waals surface area contributed by atoms with Gasteiger partial charge in [-0.2, -0.15) is 0 Å². The minimum absolute atomic E-state index is 0.0733. The van der Waals surface area contributed by atoms with Gasteiger partial charge in [0.25, 0.3) is 5.91 Å². The number of carbonyl (C=O) groups is 1. The predicted octanol–water partition coefficient (Wildman–Crippen LogP) is 3.50. The molecule has 2 aromatic heterocycles. The first kappa shape index (κ1) is 20.7. The number of nitrogens with zero attached hydrogens (tertiary/aromatic N) is 4. The van der Waals surface area contributed by atoms with Gasteiger partial charge in [-0.25, -0.2) is 4.98 Å². The molecule has 1 amide bonds. The molecular weight excluding hydrogens is 390 g/mol. The van der Waals surface area contributed by atoms with E-state index in [4.69, 9.17) is 15.5 Å². The smallest absolute Gasteiger partial charge is 0.267 e. The fourth-order valence-corrected chi connectivity index (χ4v) is 3.93. The maximum atomic E-state index is 12.4. The molecule has 1 aliphatic rings. The number of pyridine rings is 1. The van der Waals surface area contributed by atoms with E-state index in [1.165, 1.54) is 0 Å². The largest absolute Gasteiger partial charge is 0.479 e. The first-order chi connectivity index (χ1) is 14.9. The number of ether oxygens (including phenoxy) is 1. The zero-order valence-electron chi connectivity index (χ0n) is 17.9. The summed E-state index contributed by atoms with van der Waals surface area (Å²) in [5, 5.41) is 0. The number of imidazole rings is 1. The number of nitrogen functional groups attached to an aromatic ring is 1. The Morgan fingerprint density at radius 2 is 1.97 bits per heavy atom. The lowest BCUT2D eigenvalue weighted by atomic mass is 10.1. The van der Waals surface area contributed by atoms with Crippen LogP contribution in [0.1, 0.15) is 12.6 Å². The van der Waals surface area contributed by atoms with Crippen molar-refractivity contribution >= 4 is 22.9 Å². The van der Waals surface area contributed by atoms with Crippen LogP contribution >= 0.6 is 0 Å². The van der Waals surface area contributed by atoms with Gasteiger partial charge in [0.2, 0.25) is 0 Å². The molecule has 1 aromatic carbocycles. The van der Waals surface area contributed by atoms with E-state index in [1.54, 1.807) is 18.9 Å². The molecule has 7 heteroatoms. The van der Waals surface area contributed by atoms with E-state index < -0.39 is 6.10 Å². The molecule has 160 valence electrons. The topological polar surface area (TPSA) is 76.1 Å². The molecule has 2 N–H and O–H groups in total. The van der Waals surface area contributed by atoms with Gasteiger partial charge in [0.1, 0.15) is 11.4 Å². The Morgan fingerprint density at radius 1 is 1.23 bits per heavy atom. The number of benzene rings is 1. The second-order valence-electron chi connectivity index (χ2n) is 7.71. The van der Waals surface area contributed by atoms with Crippen molar-refractivity contribution in [1.29, 1.82) is 0 Å². The van der Waals surface area contributed by atoms with Crippen molar-refractivity contribution < 1.29 is 9.53 Å². The lowest BCUT2D eigenvalue weighted by Gasteiger charge is -2.30. The summed E-state index contributed by atoms with van der Waals surface area (Å²) < 4.78 is 7.80. The first-order valence-electron chi connectivity index (χ1n) is 10.2.